The van der Waals surface area contributed by atoms with Gasteiger partial charge in [-0.3, -0.25) is 19.4 Å². The predicted molar refractivity (Wildman–Crippen MR) is 119 cm³/mol. The quantitative estimate of drug-likeness (QED) is 0.388. The van der Waals surface area contributed by atoms with Crippen LogP contribution < -0.4 is 15.7 Å². The van der Waals surface area contributed by atoms with Crippen molar-refractivity contribution in [2.75, 3.05) is 6.61 Å². The average molecular weight is 433 g/mol. The van der Waals surface area contributed by atoms with Crippen molar-refractivity contribution in [3.63, 3.8) is 0 Å². The van der Waals surface area contributed by atoms with Gasteiger partial charge in [-0.2, -0.15) is 0 Å². The Kier molecular flexibility index (Phi) is 4.40. The molecular formula is C23H19N3O6. The number of aliphatic carboxylic acids is 1. The summed E-state index contributed by atoms with van der Waals surface area (Å²) in [6, 6.07) is 11.3. The maximum absolute atomic E-state index is 13.0. The average Bonchev–Trinajstić information content (AvgIpc) is 3.28. The van der Waals surface area contributed by atoms with Crippen LogP contribution in [0.3, 0.4) is 0 Å². The number of furan rings is 1. The van der Waals surface area contributed by atoms with E-state index in [0.29, 0.717) is 44.6 Å². The summed E-state index contributed by atoms with van der Waals surface area (Å²) in [5.74, 6) is -0.682. The number of aromatic amines is 2. The molecule has 2 aromatic carbocycles. The van der Waals surface area contributed by atoms with E-state index >= 15 is 0 Å². The minimum atomic E-state index is -1.07. The van der Waals surface area contributed by atoms with Gasteiger partial charge in [0.1, 0.15) is 17.0 Å². The van der Waals surface area contributed by atoms with Gasteiger partial charge < -0.3 is 19.2 Å². The number of ether oxygens (including phenoxy) is 1. The van der Waals surface area contributed by atoms with Crippen LogP contribution in [0.4, 0.5) is 0 Å². The third-order valence-corrected chi connectivity index (χ3v) is 5.33. The molecule has 0 unspecified atom stereocenters. The lowest BCUT2D eigenvalue weighted by molar-refractivity contribution is -0.139. The maximum Gasteiger partial charge on any atom is 0.341 e. The lowest BCUT2D eigenvalue weighted by atomic mass is 10.0. The first-order valence-electron chi connectivity index (χ1n) is 10.0. The van der Waals surface area contributed by atoms with Gasteiger partial charge in [-0.15, -0.1) is 0 Å². The minimum Gasteiger partial charge on any atom is -0.482 e. The first-order chi connectivity index (χ1) is 15.3. The number of nitrogens with one attached hydrogen (secondary N) is 2. The number of carboxylic acid groups (broad SMARTS) is 1. The van der Waals surface area contributed by atoms with Crippen LogP contribution in [-0.2, 0) is 4.79 Å². The van der Waals surface area contributed by atoms with Crippen LogP contribution in [0.25, 0.3) is 44.2 Å². The molecule has 0 bridgehead atoms. The number of H-pyrrole nitrogens is 2. The highest BCUT2D eigenvalue weighted by molar-refractivity contribution is 6.14. The first-order valence-corrected chi connectivity index (χ1v) is 10.0. The summed E-state index contributed by atoms with van der Waals surface area (Å²) in [6.07, 6.45) is 0. The largest absolute Gasteiger partial charge is 0.482 e. The van der Waals surface area contributed by atoms with E-state index in [1.165, 1.54) is 12.1 Å². The number of hydrogen-bond acceptors (Lipinski definition) is 5. The summed E-state index contributed by atoms with van der Waals surface area (Å²) in [7, 11) is 0. The molecule has 0 aliphatic carbocycles. The van der Waals surface area contributed by atoms with Gasteiger partial charge >= 0.3 is 5.97 Å². The summed E-state index contributed by atoms with van der Waals surface area (Å²) in [5, 5.41) is 12.8. The molecule has 0 spiro atoms. The third kappa shape index (κ3) is 3.06. The Morgan fingerprint density at radius 3 is 2.59 bits per heavy atom. The number of rotatable bonds is 5. The SMILES string of the molecule is CC(C)n1[nH]c(=O)c2c(-c3ccc(OCC(=O)O)cc3)c3oc4cc(=O)ccc4c3[nH]c21. The van der Waals surface area contributed by atoms with Crippen molar-refractivity contribution in [2.24, 2.45) is 0 Å². The van der Waals surface area contributed by atoms with Crippen molar-refractivity contribution in [1.82, 2.24) is 14.8 Å². The summed E-state index contributed by atoms with van der Waals surface area (Å²) >= 11 is 0. The Morgan fingerprint density at radius 1 is 1.16 bits per heavy atom. The molecule has 3 aromatic heterocycles. The molecule has 5 aromatic rings. The molecule has 0 saturated carbocycles. The molecule has 0 aliphatic rings. The molecule has 0 amide bonds. The molecular weight excluding hydrogens is 414 g/mol. The van der Waals surface area contributed by atoms with Crippen molar-refractivity contribution < 1.29 is 19.1 Å². The molecule has 32 heavy (non-hydrogen) atoms. The van der Waals surface area contributed by atoms with Gasteiger partial charge in [-0.1, -0.05) is 12.1 Å². The lowest BCUT2D eigenvalue weighted by Gasteiger charge is -2.10. The van der Waals surface area contributed by atoms with E-state index in [-0.39, 0.29) is 17.0 Å². The number of nitrogens with zero attached hydrogens (tertiary/aromatic N) is 1. The van der Waals surface area contributed by atoms with Crippen molar-refractivity contribution in [3.05, 3.63) is 63.0 Å². The van der Waals surface area contributed by atoms with Gasteiger partial charge in [0.15, 0.2) is 17.6 Å². The van der Waals surface area contributed by atoms with E-state index < -0.39 is 12.6 Å². The van der Waals surface area contributed by atoms with Crippen LogP contribution in [0.1, 0.15) is 19.9 Å². The van der Waals surface area contributed by atoms with E-state index in [2.05, 4.69) is 10.1 Å². The van der Waals surface area contributed by atoms with Gasteiger partial charge in [-0.05, 0) is 43.7 Å². The highest BCUT2D eigenvalue weighted by Gasteiger charge is 2.22. The number of benzene rings is 2. The Bertz CT molecular complexity index is 1620. The van der Waals surface area contributed by atoms with Crippen molar-refractivity contribution in [2.45, 2.75) is 19.9 Å². The van der Waals surface area contributed by atoms with E-state index in [4.69, 9.17) is 14.3 Å². The number of carbonyl (C=O) groups is 1. The first kappa shape index (κ1) is 19.7. The maximum atomic E-state index is 13.0. The number of pyridine rings is 1. The molecule has 3 heterocycles. The highest BCUT2D eigenvalue weighted by atomic mass is 16.5. The fourth-order valence-corrected chi connectivity index (χ4v) is 3.94. The van der Waals surface area contributed by atoms with Gasteiger partial charge in [0.25, 0.3) is 5.56 Å². The smallest absolute Gasteiger partial charge is 0.341 e. The van der Waals surface area contributed by atoms with Gasteiger partial charge in [0.05, 0.1) is 10.9 Å². The topological polar surface area (TPSA) is 130 Å². The summed E-state index contributed by atoms with van der Waals surface area (Å²) in [5.41, 5.74) is 2.95. The van der Waals surface area contributed by atoms with Gasteiger partial charge in [-0.25, -0.2) is 4.79 Å². The van der Waals surface area contributed by atoms with E-state index in [1.54, 1.807) is 35.0 Å². The molecule has 3 N–H and O–H groups in total. The van der Waals surface area contributed by atoms with Crippen LogP contribution in [0.15, 0.2) is 56.5 Å². The second-order valence-corrected chi connectivity index (χ2v) is 7.80. The number of aromatic nitrogens is 3. The van der Waals surface area contributed by atoms with Crippen LogP contribution in [0, 0.1) is 0 Å². The highest BCUT2D eigenvalue weighted by Crippen LogP contribution is 2.38. The minimum absolute atomic E-state index is 0.0139. The van der Waals surface area contributed by atoms with Gasteiger partial charge in [0, 0.05) is 23.1 Å². The monoisotopic (exact) mass is 433 g/mol. The fourth-order valence-electron chi connectivity index (χ4n) is 3.94. The van der Waals surface area contributed by atoms with Crippen molar-refractivity contribution in [1.29, 1.82) is 0 Å². The van der Waals surface area contributed by atoms with Gasteiger partial charge in [0.2, 0.25) is 0 Å². The summed E-state index contributed by atoms with van der Waals surface area (Å²) in [4.78, 5) is 38.9. The Hall–Kier alpha value is -4.27. The van der Waals surface area contributed by atoms with Crippen molar-refractivity contribution >= 4 is 39.1 Å². The standard InChI is InChI=1S/C23H19N3O6/c1-11(2)26-22-19(23(30)25-26)18(12-3-6-14(7-4-12)31-10-17(28)29)21-20(24-22)15-8-5-13(27)9-16(15)32-21/h3-9,11,24H,10H2,1-2H3,(H,25,30)(H,28,29). The molecule has 9 heteroatoms. The normalized spacial score (nSPS) is 11.7. The number of hydrogen-bond donors (Lipinski definition) is 3. The summed E-state index contributed by atoms with van der Waals surface area (Å²) in [6.45, 7) is 3.46. The summed E-state index contributed by atoms with van der Waals surface area (Å²) < 4.78 is 13.0. The zero-order valence-electron chi connectivity index (χ0n) is 17.3. The molecule has 9 nitrogen and oxygen atoms in total. The third-order valence-electron chi connectivity index (χ3n) is 5.33. The molecule has 5 rings (SSSR count). The fraction of sp³-hybridized carbons (Fsp3) is 0.174. The molecule has 0 radical (unpaired) electrons. The van der Waals surface area contributed by atoms with Crippen LogP contribution in [0.2, 0.25) is 0 Å². The number of carboxylic acids is 1. The zero-order chi connectivity index (χ0) is 22.6. The van der Waals surface area contributed by atoms with E-state index in [9.17, 15) is 14.4 Å². The van der Waals surface area contributed by atoms with E-state index in [0.717, 1.165) is 5.39 Å². The molecule has 162 valence electrons. The van der Waals surface area contributed by atoms with E-state index in [1.807, 2.05) is 13.8 Å². The van der Waals surface area contributed by atoms with Crippen LogP contribution in [0.5, 0.6) is 5.75 Å². The Balaban J connectivity index is 1.84. The second kappa shape index (κ2) is 7.16. The number of fused-ring (bicyclic) bond motifs is 4. The molecule has 0 saturated heterocycles. The Labute approximate surface area is 179 Å². The molecule has 0 atom stereocenters. The van der Waals surface area contributed by atoms with Crippen molar-refractivity contribution in [3.8, 4) is 16.9 Å². The van der Waals surface area contributed by atoms with Crippen LogP contribution in [-0.4, -0.2) is 32.4 Å². The lowest BCUT2D eigenvalue weighted by Crippen LogP contribution is -2.09. The predicted octanol–water partition coefficient (Wildman–Crippen LogP) is 3.63. The van der Waals surface area contributed by atoms with Crippen LogP contribution >= 0.6 is 0 Å². The Morgan fingerprint density at radius 2 is 1.91 bits per heavy atom. The molecule has 0 aliphatic heterocycles. The second-order valence-electron chi connectivity index (χ2n) is 7.80. The zero-order valence-corrected chi connectivity index (χ0v) is 17.3. The molecule has 0 fully saturated rings.